The third-order valence-corrected chi connectivity index (χ3v) is 7.56. The fourth-order valence-corrected chi connectivity index (χ4v) is 5.47. The first-order valence-electron chi connectivity index (χ1n) is 12.6. The summed E-state index contributed by atoms with van der Waals surface area (Å²) in [5.74, 6) is -2.44. The molecule has 0 aliphatic rings. The molecule has 0 bridgehead atoms. The summed E-state index contributed by atoms with van der Waals surface area (Å²) in [4.78, 5) is 17.1. The van der Waals surface area contributed by atoms with E-state index in [4.69, 9.17) is 0 Å². The van der Waals surface area contributed by atoms with Gasteiger partial charge in [-0.15, -0.1) is 0 Å². The van der Waals surface area contributed by atoms with Gasteiger partial charge in [-0.1, -0.05) is 25.1 Å². The van der Waals surface area contributed by atoms with Crippen molar-refractivity contribution in [3.8, 4) is 17.0 Å². The van der Waals surface area contributed by atoms with Gasteiger partial charge in [0.05, 0.1) is 48.1 Å². The molecule has 4 N–H and O–H groups in total. The number of carbonyl (C=O) groups is 1. The predicted octanol–water partition coefficient (Wildman–Crippen LogP) is 4.54. The van der Waals surface area contributed by atoms with Crippen molar-refractivity contribution in [2.45, 2.75) is 32.5 Å². The SMILES string of the molecule is CCC(=O)c1n[nH]c2cc(-c3cc(F)c(O)cc3CC(F)(F)F)nc(NCc3ccccc3N(CCO)S(C)(=O)=O)c12. The number of nitrogens with one attached hydrogen (secondary N) is 2. The van der Waals surface area contributed by atoms with Crippen LogP contribution in [0.5, 0.6) is 5.75 Å². The number of Topliss-reactive ketones (excluding diaryl/α,β-unsaturated/α-hetero) is 1. The average Bonchev–Trinajstić information content (AvgIpc) is 3.35. The molecule has 224 valence electrons. The molecule has 2 aromatic heterocycles. The van der Waals surface area contributed by atoms with Crippen LogP contribution < -0.4 is 9.62 Å². The molecule has 0 radical (unpaired) electrons. The lowest BCUT2D eigenvalue weighted by atomic mass is 9.99. The van der Waals surface area contributed by atoms with E-state index in [1.165, 1.54) is 6.07 Å². The van der Waals surface area contributed by atoms with Crippen molar-refractivity contribution < 1.29 is 41.0 Å². The van der Waals surface area contributed by atoms with E-state index < -0.39 is 46.4 Å². The lowest BCUT2D eigenvalue weighted by molar-refractivity contribution is -0.127. The van der Waals surface area contributed by atoms with Crippen LogP contribution in [0.2, 0.25) is 0 Å². The van der Waals surface area contributed by atoms with Crippen LogP contribution >= 0.6 is 0 Å². The Hall–Kier alpha value is -4.24. The van der Waals surface area contributed by atoms with E-state index in [0.29, 0.717) is 11.6 Å². The highest BCUT2D eigenvalue weighted by Crippen LogP contribution is 2.36. The molecule has 42 heavy (non-hydrogen) atoms. The number of rotatable bonds is 11. The predicted molar refractivity (Wildman–Crippen MR) is 148 cm³/mol. The molecule has 0 unspecified atom stereocenters. The summed E-state index contributed by atoms with van der Waals surface area (Å²) < 4.78 is 80.3. The molecule has 0 amide bonds. The van der Waals surface area contributed by atoms with Crippen molar-refractivity contribution in [3.05, 3.63) is 65.1 Å². The number of aromatic amines is 1. The number of aliphatic hydroxyl groups excluding tert-OH is 1. The van der Waals surface area contributed by atoms with E-state index in [-0.39, 0.29) is 64.7 Å². The molecule has 0 aliphatic heterocycles. The normalized spacial score (nSPS) is 12.1. The van der Waals surface area contributed by atoms with Crippen LogP contribution in [0.25, 0.3) is 22.2 Å². The highest BCUT2D eigenvalue weighted by Gasteiger charge is 2.31. The molecule has 0 saturated carbocycles. The lowest BCUT2D eigenvalue weighted by Gasteiger charge is -2.24. The molecule has 4 aromatic rings. The second-order valence-electron chi connectivity index (χ2n) is 9.42. The quantitative estimate of drug-likeness (QED) is 0.143. The molecule has 4 rings (SSSR count). The lowest BCUT2D eigenvalue weighted by Crippen LogP contribution is -2.33. The van der Waals surface area contributed by atoms with Gasteiger partial charge in [-0.25, -0.2) is 17.8 Å². The van der Waals surface area contributed by atoms with Crippen molar-refractivity contribution in [2.24, 2.45) is 0 Å². The minimum Gasteiger partial charge on any atom is -0.505 e. The number of anilines is 2. The number of benzene rings is 2. The molecule has 10 nitrogen and oxygen atoms in total. The van der Waals surface area contributed by atoms with Crippen LogP contribution in [-0.2, 0) is 23.0 Å². The summed E-state index contributed by atoms with van der Waals surface area (Å²) in [7, 11) is -3.78. The Labute approximate surface area is 238 Å². The van der Waals surface area contributed by atoms with Crippen molar-refractivity contribution in [1.29, 1.82) is 0 Å². The first-order valence-corrected chi connectivity index (χ1v) is 14.5. The molecule has 15 heteroatoms. The summed E-state index contributed by atoms with van der Waals surface area (Å²) in [6.07, 6.45) is -5.07. The van der Waals surface area contributed by atoms with Gasteiger partial charge in [0, 0.05) is 18.5 Å². The molecule has 0 atom stereocenters. The standard InChI is InChI=1S/C27H27F4N5O5S/c1-3-22(38)25-24-20(34-35-25)12-19(17-11-18(28)23(39)10-16(17)13-27(29,30)31)33-26(24)32-14-15-6-4-5-7-21(15)36(8-9-37)42(2,40)41/h4-7,10-12,37,39H,3,8-9,13-14H2,1-2H3,(H,32,33)(H,34,35). The highest BCUT2D eigenvalue weighted by molar-refractivity contribution is 7.92. The molecular weight excluding hydrogens is 582 g/mol. The van der Waals surface area contributed by atoms with Crippen LogP contribution in [0.1, 0.15) is 35.0 Å². The number of halogens is 4. The number of para-hydroxylation sites is 1. The summed E-state index contributed by atoms with van der Waals surface area (Å²) in [5, 5.41) is 29.2. The number of sulfonamides is 1. The molecular formula is C27H27F4N5O5S. The number of phenols is 1. The maximum atomic E-state index is 14.4. The fraction of sp³-hybridized carbons (Fsp3) is 0.296. The van der Waals surface area contributed by atoms with Gasteiger partial charge in [-0.2, -0.15) is 18.3 Å². The minimum atomic E-state index is -4.68. The van der Waals surface area contributed by atoms with Gasteiger partial charge in [-0.3, -0.25) is 14.2 Å². The maximum Gasteiger partial charge on any atom is 0.393 e. The first-order chi connectivity index (χ1) is 19.7. The van der Waals surface area contributed by atoms with E-state index in [2.05, 4.69) is 20.5 Å². The van der Waals surface area contributed by atoms with Crippen molar-refractivity contribution in [1.82, 2.24) is 15.2 Å². The van der Waals surface area contributed by atoms with E-state index in [1.54, 1.807) is 31.2 Å². The smallest absolute Gasteiger partial charge is 0.393 e. The fourth-order valence-electron chi connectivity index (χ4n) is 4.52. The van der Waals surface area contributed by atoms with Crippen molar-refractivity contribution in [2.75, 3.05) is 29.0 Å². The van der Waals surface area contributed by atoms with Gasteiger partial charge >= 0.3 is 6.18 Å². The van der Waals surface area contributed by atoms with Gasteiger partial charge in [-0.05, 0) is 35.4 Å². The highest BCUT2D eigenvalue weighted by atomic mass is 32.2. The second-order valence-corrected chi connectivity index (χ2v) is 11.3. The van der Waals surface area contributed by atoms with Gasteiger partial charge < -0.3 is 15.5 Å². The molecule has 2 heterocycles. The van der Waals surface area contributed by atoms with Gasteiger partial charge in [0.1, 0.15) is 11.5 Å². The number of aromatic hydroxyl groups is 1. The summed E-state index contributed by atoms with van der Waals surface area (Å²) >= 11 is 0. The van der Waals surface area contributed by atoms with E-state index in [0.717, 1.165) is 16.6 Å². The number of aromatic nitrogens is 3. The number of hydrogen-bond acceptors (Lipinski definition) is 8. The zero-order valence-corrected chi connectivity index (χ0v) is 23.3. The van der Waals surface area contributed by atoms with E-state index in [9.17, 15) is 41.0 Å². The van der Waals surface area contributed by atoms with E-state index in [1.807, 2.05) is 0 Å². The van der Waals surface area contributed by atoms with E-state index >= 15 is 0 Å². The zero-order valence-electron chi connectivity index (χ0n) is 22.5. The second kappa shape index (κ2) is 11.9. The summed E-state index contributed by atoms with van der Waals surface area (Å²) in [5.41, 5.74) is 0.188. The number of carbonyl (C=O) groups excluding carboxylic acids is 1. The van der Waals surface area contributed by atoms with Gasteiger partial charge in [0.25, 0.3) is 0 Å². The zero-order chi connectivity index (χ0) is 30.8. The molecule has 0 fully saturated rings. The molecule has 2 aromatic carbocycles. The molecule has 0 aliphatic carbocycles. The Balaban J connectivity index is 1.87. The number of ketones is 1. The number of aliphatic hydroxyl groups is 1. The molecule has 0 spiro atoms. The Kier molecular flexibility index (Phi) is 8.73. The number of nitrogens with zero attached hydrogens (tertiary/aromatic N) is 3. The monoisotopic (exact) mass is 609 g/mol. The van der Waals surface area contributed by atoms with Gasteiger partial charge in [0.15, 0.2) is 17.3 Å². The third-order valence-electron chi connectivity index (χ3n) is 6.38. The summed E-state index contributed by atoms with van der Waals surface area (Å²) in [6, 6.07) is 9.20. The number of H-pyrrole nitrogens is 1. The topological polar surface area (TPSA) is 149 Å². The van der Waals surface area contributed by atoms with Crippen molar-refractivity contribution >= 4 is 38.2 Å². The Morgan fingerprint density at radius 2 is 1.86 bits per heavy atom. The number of phenolic OH excluding ortho intramolecular Hbond substituents is 1. The van der Waals surface area contributed by atoms with Crippen LogP contribution in [-0.4, -0.2) is 65.2 Å². The van der Waals surface area contributed by atoms with Crippen LogP contribution in [0.3, 0.4) is 0 Å². The molecule has 0 saturated heterocycles. The third kappa shape index (κ3) is 6.62. The van der Waals surface area contributed by atoms with Crippen LogP contribution in [0, 0.1) is 5.82 Å². The van der Waals surface area contributed by atoms with Crippen molar-refractivity contribution in [3.63, 3.8) is 0 Å². The van der Waals surface area contributed by atoms with Gasteiger partial charge in [0.2, 0.25) is 10.0 Å². The first kappa shape index (κ1) is 30.7. The Bertz CT molecular complexity index is 1740. The number of fused-ring (bicyclic) bond motifs is 1. The Morgan fingerprint density at radius 1 is 1.14 bits per heavy atom. The Morgan fingerprint density at radius 3 is 2.50 bits per heavy atom. The minimum absolute atomic E-state index is 0.0161. The number of alkyl halides is 3. The number of pyridine rings is 1. The summed E-state index contributed by atoms with van der Waals surface area (Å²) in [6.45, 7) is 0.903. The number of hydrogen-bond donors (Lipinski definition) is 4. The average molecular weight is 610 g/mol. The van der Waals surface area contributed by atoms with Crippen LogP contribution in [0.4, 0.5) is 29.1 Å². The maximum absolute atomic E-state index is 14.4. The van der Waals surface area contributed by atoms with Crippen LogP contribution in [0.15, 0.2) is 42.5 Å². The largest absolute Gasteiger partial charge is 0.505 e.